The predicted molar refractivity (Wildman–Crippen MR) is 115 cm³/mol. The maximum absolute atomic E-state index is 14.8. The summed E-state index contributed by atoms with van der Waals surface area (Å²) in [5.41, 5.74) is -0.852. The summed E-state index contributed by atoms with van der Waals surface area (Å²) in [6, 6.07) is 2.83. The van der Waals surface area contributed by atoms with E-state index >= 15 is 0 Å². The van der Waals surface area contributed by atoms with Crippen LogP contribution in [0.3, 0.4) is 0 Å². The van der Waals surface area contributed by atoms with Crippen LogP contribution in [-0.4, -0.2) is 25.2 Å². The van der Waals surface area contributed by atoms with Crippen LogP contribution in [-0.2, 0) is 4.74 Å². The molecule has 1 aliphatic heterocycles. The molecule has 0 saturated carbocycles. The van der Waals surface area contributed by atoms with Crippen LogP contribution in [0.4, 0.5) is 30.7 Å². The first-order chi connectivity index (χ1) is 16.5. The molecule has 192 valence electrons. The Morgan fingerprint density at radius 3 is 2.31 bits per heavy atom. The molecular formula is C24H22ClF7O3. The lowest BCUT2D eigenvalue weighted by Crippen LogP contribution is -2.44. The standard InChI is InChI=1S/C24H22ClF7O3/c1-2-3-13-4-5-20(34-12-13)24(31,32)35-15-10-16(25)22(17(26)11-15)14-8-18(27)23(19(28)9-14)33-7-6-21(29)30/h6-11,13,20-21H,2-5,12H2,1H3. The molecule has 0 amide bonds. The molecule has 0 aromatic heterocycles. The highest BCUT2D eigenvalue weighted by Gasteiger charge is 2.45. The van der Waals surface area contributed by atoms with Crippen molar-refractivity contribution in [3.8, 4) is 22.6 Å². The Morgan fingerprint density at radius 1 is 1.09 bits per heavy atom. The molecule has 35 heavy (non-hydrogen) atoms. The van der Waals surface area contributed by atoms with Crippen LogP contribution < -0.4 is 9.47 Å². The summed E-state index contributed by atoms with van der Waals surface area (Å²) < 4.78 is 111. The van der Waals surface area contributed by atoms with Gasteiger partial charge >= 0.3 is 6.11 Å². The largest absolute Gasteiger partial charge is 0.459 e. The minimum absolute atomic E-state index is 0.0610. The first-order valence-corrected chi connectivity index (χ1v) is 11.2. The second-order valence-electron chi connectivity index (χ2n) is 8.03. The average Bonchev–Trinajstić information content (AvgIpc) is 2.75. The Hall–Kier alpha value is -2.46. The molecule has 0 radical (unpaired) electrons. The normalized spacial score (nSPS) is 18.9. The minimum atomic E-state index is -3.77. The van der Waals surface area contributed by atoms with Crippen molar-refractivity contribution in [1.29, 1.82) is 0 Å². The smallest absolute Gasteiger partial charge is 0.424 e. The van der Waals surface area contributed by atoms with Crippen molar-refractivity contribution in [1.82, 2.24) is 0 Å². The fourth-order valence-corrected chi connectivity index (χ4v) is 4.10. The Balaban J connectivity index is 1.79. The van der Waals surface area contributed by atoms with Gasteiger partial charge < -0.3 is 14.2 Å². The lowest BCUT2D eigenvalue weighted by Gasteiger charge is -2.33. The fraction of sp³-hybridized carbons (Fsp3) is 0.417. The molecule has 3 rings (SSSR count). The zero-order valence-corrected chi connectivity index (χ0v) is 19.2. The molecule has 2 aromatic rings. The molecule has 2 unspecified atom stereocenters. The molecular weight excluding hydrogens is 505 g/mol. The summed E-state index contributed by atoms with van der Waals surface area (Å²) in [5, 5.41) is -0.451. The van der Waals surface area contributed by atoms with E-state index < -0.39 is 58.2 Å². The number of benzene rings is 2. The second kappa shape index (κ2) is 11.5. The number of allylic oxidation sites excluding steroid dienone is 1. The highest BCUT2D eigenvalue weighted by molar-refractivity contribution is 6.33. The van der Waals surface area contributed by atoms with Gasteiger partial charge in [0.25, 0.3) is 6.43 Å². The van der Waals surface area contributed by atoms with Crippen molar-refractivity contribution in [3.05, 3.63) is 59.1 Å². The summed E-state index contributed by atoms with van der Waals surface area (Å²) in [5.74, 6) is -5.22. The molecule has 2 atom stereocenters. The van der Waals surface area contributed by atoms with Gasteiger partial charge in [0.2, 0.25) is 0 Å². The van der Waals surface area contributed by atoms with E-state index in [-0.39, 0.29) is 30.6 Å². The van der Waals surface area contributed by atoms with E-state index in [0.29, 0.717) is 30.9 Å². The van der Waals surface area contributed by atoms with Crippen molar-refractivity contribution >= 4 is 11.6 Å². The highest BCUT2D eigenvalue weighted by Crippen LogP contribution is 2.40. The van der Waals surface area contributed by atoms with Gasteiger partial charge in [-0.1, -0.05) is 24.9 Å². The predicted octanol–water partition coefficient (Wildman–Crippen LogP) is 8.15. The number of hydrogen-bond donors (Lipinski definition) is 0. The van der Waals surface area contributed by atoms with E-state index in [2.05, 4.69) is 4.74 Å². The maximum Gasteiger partial charge on any atom is 0.424 e. The summed E-state index contributed by atoms with van der Waals surface area (Å²) in [7, 11) is 0. The highest BCUT2D eigenvalue weighted by atomic mass is 35.5. The zero-order chi connectivity index (χ0) is 25.8. The van der Waals surface area contributed by atoms with Crippen molar-refractivity contribution in [3.63, 3.8) is 0 Å². The molecule has 3 nitrogen and oxygen atoms in total. The Bertz CT molecular complexity index is 1010. The summed E-state index contributed by atoms with van der Waals surface area (Å²) >= 11 is 6.03. The third kappa shape index (κ3) is 6.82. The van der Waals surface area contributed by atoms with Crippen molar-refractivity contribution in [2.75, 3.05) is 6.61 Å². The summed E-state index contributed by atoms with van der Waals surface area (Å²) in [6.45, 7) is 2.16. The van der Waals surface area contributed by atoms with Crippen LogP contribution >= 0.6 is 11.6 Å². The number of ether oxygens (including phenoxy) is 3. The Kier molecular flexibility index (Phi) is 8.93. The average molecular weight is 527 g/mol. The van der Waals surface area contributed by atoms with Crippen LogP contribution in [0.1, 0.15) is 32.6 Å². The van der Waals surface area contributed by atoms with Crippen LogP contribution in [0.5, 0.6) is 11.5 Å². The van der Waals surface area contributed by atoms with Gasteiger partial charge in [-0.05, 0) is 48.9 Å². The second-order valence-corrected chi connectivity index (χ2v) is 8.44. The molecule has 11 heteroatoms. The molecule has 0 spiro atoms. The number of halogens is 8. The van der Waals surface area contributed by atoms with E-state index in [4.69, 9.17) is 21.1 Å². The molecule has 0 aliphatic carbocycles. The van der Waals surface area contributed by atoms with Crippen LogP contribution in [0.15, 0.2) is 36.6 Å². The van der Waals surface area contributed by atoms with E-state index in [9.17, 15) is 30.7 Å². The third-order valence-electron chi connectivity index (χ3n) is 5.41. The van der Waals surface area contributed by atoms with Gasteiger partial charge in [-0.2, -0.15) is 8.78 Å². The van der Waals surface area contributed by atoms with E-state index in [1.54, 1.807) is 0 Å². The lowest BCUT2D eigenvalue weighted by molar-refractivity contribution is -0.265. The maximum atomic E-state index is 14.8. The van der Waals surface area contributed by atoms with Gasteiger partial charge in [0.15, 0.2) is 23.5 Å². The van der Waals surface area contributed by atoms with Gasteiger partial charge in [-0.3, -0.25) is 0 Å². The van der Waals surface area contributed by atoms with Crippen molar-refractivity contribution in [2.24, 2.45) is 5.92 Å². The quantitative estimate of drug-likeness (QED) is 0.244. The van der Waals surface area contributed by atoms with Crippen molar-refractivity contribution in [2.45, 2.75) is 51.2 Å². The van der Waals surface area contributed by atoms with Crippen LogP contribution in [0.25, 0.3) is 11.1 Å². The van der Waals surface area contributed by atoms with Crippen molar-refractivity contribution < 1.29 is 44.9 Å². The Labute approximate surface area is 202 Å². The zero-order valence-electron chi connectivity index (χ0n) is 18.5. The first kappa shape index (κ1) is 27.1. The van der Waals surface area contributed by atoms with Gasteiger partial charge in [0, 0.05) is 17.7 Å². The summed E-state index contributed by atoms with van der Waals surface area (Å²) in [4.78, 5) is 0. The molecule has 1 saturated heterocycles. The lowest BCUT2D eigenvalue weighted by atomic mass is 9.94. The molecule has 0 N–H and O–H groups in total. The number of alkyl halides is 4. The van der Waals surface area contributed by atoms with Crippen LogP contribution in [0.2, 0.25) is 5.02 Å². The van der Waals surface area contributed by atoms with Gasteiger partial charge in [0.05, 0.1) is 17.9 Å². The van der Waals surface area contributed by atoms with Crippen LogP contribution in [0, 0.1) is 23.4 Å². The van der Waals surface area contributed by atoms with Gasteiger partial charge in [0.1, 0.15) is 11.6 Å². The molecule has 1 aliphatic rings. The van der Waals surface area contributed by atoms with E-state index in [1.807, 2.05) is 6.92 Å². The summed E-state index contributed by atoms with van der Waals surface area (Å²) in [6.07, 6.45) is -5.14. The number of hydrogen-bond acceptors (Lipinski definition) is 3. The molecule has 1 fully saturated rings. The van der Waals surface area contributed by atoms with E-state index in [0.717, 1.165) is 18.9 Å². The monoisotopic (exact) mass is 526 g/mol. The van der Waals surface area contributed by atoms with Gasteiger partial charge in [-0.25, -0.2) is 22.0 Å². The number of rotatable bonds is 9. The Morgan fingerprint density at radius 2 is 1.77 bits per heavy atom. The fourth-order valence-electron chi connectivity index (χ4n) is 3.80. The van der Waals surface area contributed by atoms with Gasteiger partial charge in [-0.15, -0.1) is 0 Å². The topological polar surface area (TPSA) is 27.7 Å². The molecule has 2 aromatic carbocycles. The van der Waals surface area contributed by atoms with E-state index in [1.165, 1.54) is 0 Å². The minimum Gasteiger partial charge on any atom is -0.459 e. The molecule has 1 heterocycles. The molecule has 0 bridgehead atoms. The third-order valence-corrected chi connectivity index (χ3v) is 5.71. The first-order valence-electron chi connectivity index (χ1n) is 10.8. The SMILES string of the molecule is CCCC1CCC(C(F)(F)Oc2cc(F)c(-c3cc(F)c(OC=CC(F)F)c(F)c3)c(Cl)c2)OC1.